The van der Waals surface area contributed by atoms with E-state index in [1.54, 1.807) is 0 Å². The van der Waals surface area contributed by atoms with E-state index in [1.165, 1.54) is 19.3 Å². The van der Waals surface area contributed by atoms with E-state index >= 15 is 0 Å². The molecule has 0 radical (unpaired) electrons. The SMILES string of the molecule is Cc1ccc(NN2CCCCC2)c(C#N)c1. The van der Waals surface area contributed by atoms with Gasteiger partial charge in [-0.2, -0.15) is 5.26 Å². The van der Waals surface area contributed by atoms with Crippen molar-refractivity contribution in [3.05, 3.63) is 29.3 Å². The molecule has 84 valence electrons. The summed E-state index contributed by atoms with van der Waals surface area (Å²) in [5, 5.41) is 11.3. The molecular formula is C13H17N3. The Morgan fingerprint density at radius 3 is 2.69 bits per heavy atom. The first-order valence-electron chi connectivity index (χ1n) is 5.82. The maximum Gasteiger partial charge on any atom is 0.101 e. The molecule has 16 heavy (non-hydrogen) atoms. The van der Waals surface area contributed by atoms with Gasteiger partial charge in [0.2, 0.25) is 0 Å². The Kier molecular flexibility index (Phi) is 3.43. The molecule has 0 bridgehead atoms. The molecule has 3 heteroatoms. The fraction of sp³-hybridized carbons (Fsp3) is 0.462. The van der Waals surface area contributed by atoms with Gasteiger partial charge in [0.1, 0.15) is 6.07 Å². The summed E-state index contributed by atoms with van der Waals surface area (Å²) in [6.45, 7) is 4.14. The van der Waals surface area contributed by atoms with Gasteiger partial charge in [-0.3, -0.25) is 0 Å². The van der Waals surface area contributed by atoms with E-state index in [4.69, 9.17) is 5.26 Å². The van der Waals surface area contributed by atoms with Crippen molar-refractivity contribution in [2.45, 2.75) is 26.2 Å². The van der Waals surface area contributed by atoms with Crippen LogP contribution in [0, 0.1) is 18.3 Å². The van der Waals surface area contributed by atoms with Gasteiger partial charge in [-0.1, -0.05) is 12.5 Å². The predicted octanol–water partition coefficient (Wildman–Crippen LogP) is 2.68. The van der Waals surface area contributed by atoms with Gasteiger partial charge in [-0.25, -0.2) is 5.01 Å². The van der Waals surface area contributed by atoms with Crippen molar-refractivity contribution in [1.29, 1.82) is 5.26 Å². The number of nitrogens with zero attached hydrogens (tertiary/aromatic N) is 2. The van der Waals surface area contributed by atoms with Gasteiger partial charge in [-0.05, 0) is 37.5 Å². The minimum absolute atomic E-state index is 0.727. The molecule has 1 aromatic rings. The zero-order valence-corrected chi connectivity index (χ0v) is 9.66. The average molecular weight is 215 g/mol. The van der Waals surface area contributed by atoms with Crippen LogP contribution in [0.1, 0.15) is 30.4 Å². The molecule has 1 heterocycles. The van der Waals surface area contributed by atoms with Crippen LogP contribution in [0.3, 0.4) is 0 Å². The molecule has 2 rings (SSSR count). The number of piperidine rings is 1. The van der Waals surface area contributed by atoms with E-state index in [0.29, 0.717) is 0 Å². The normalized spacial score (nSPS) is 16.8. The lowest BCUT2D eigenvalue weighted by atomic mass is 10.1. The van der Waals surface area contributed by atoms with E-state index in [0.717, 1.165) is 29.9 Å². The minimum Gasteiger partial charge on any atom is -0.318 e. The van der Waals surface area contributed by atoms with Crippen LogP contribution in [-0.2, 0) is 0 Å². The van der Waals surface area contributed by atoms with Crippen LogP contribution in [0.25, 0.3) is 0 Å². The topological polar surface area (TPSA) is 39.1 Å². The van der Waals surface area contributed by atoms with E-state index in [9.17, 15) is 0 Å². The van der Waals surface area contributed by atoms with Gasteiger partial charge < -0.3 is 5.43 Å². The largest absolute Gasteiger partial charge is 0.318 e. The van der Waals surface area contributed by atoms with Crippen LogP contribution in [0.2, 0.25) is 0 Å². The molecule has 1 aromatic carbocycles. The molecule has 0 saturated carbocycles. The Hall–Kier alpha value is -1.53. The Balaban J connectivity index is 2.11. The summed E-state index contributed by atoms with van der Waals surface area (Å²) in [5.41, 5.74) is 6.12. The van der Waals surface area contributed by atoms with E-state index in [-0.39, 0.29) is 0 Å². The second-order valence-corrected chi connectivity index (χ2v) is 4.32. The van der Waals surface area contributed by atoms with Gasteiger partial charge >= 0.3 is 0 Å². The summed E-state index contributed by atoms with van der Waals surface area (Å²) in [6.07, 6.45) is 3.79. The Morgan fingerprint density at radius 2 is 2.00 bits per heavy atom. The quantitative estimate of drug-likeness (QED) is 0.824. The number of hydrogen-bond donors (Lipinski definition) is 1. The lowest BCUT2D eigenvalue weighted by Crippen LogP contribution is -2.35. The molecule has 1 N–H and O–H groups in total. The molecule has 0 atom stereocenters. The summed E-state index contributed by atoms with van der Waals surface area (Å²) in [5.74, 6) is 0. The Bertz CT molecular complexity index is 400. The summed E-state index contributed by atoms with van der Waals surface area (Å²) < 4.78 is 0. The van der Waals surface area contributed by atoms with Gasteiger partial charge in [0.15, 0.2) is 0 Å². The standard InChI is InChI=1S/C13H17N3/c1-11-5-6-13(12(9-11)10-14)15-16-7-3-2-4-8-16/h5-6,9,15H,2-4,7-8H2,1H3. The molecule has 1 aliphatic rings. The van der Waals surface area contributed by atoms with E-state index in [1.807, 2.05) is 25.1 Å². The molecule has 0 aromatic heterocycles. The summed E-state index contributed by atoms with van der Waals surface area (Å²) in [4.78, 5) is 0. The first-order valence-corrected chi connectivity index (χ1v) is 5.82. The number of rotatable bonds is 2. The number of anilines is 1. The number of aryl methyl sites for hydroxylation is 1. The highest BCUT2D eigenvalue weighted by molar-refractivity contribution is 5.57. The van der Waals surface area contributed by atoms with Crippen molar-refractivity contribution in [3.63, 3.8) is 0 Å². The molecule has 1 saturated heterocycles. The van der Waals surface area contributed by atoms with Crippen LogP contribution in [0.4, 0.5) is 5.69 Å². The van der Waals surface area contributed by atoms with E-state index < -0.39 is 0 Å². The van der Waals surface area contributed by atoms with Crippen molar-refractivity contribution in [1.82, 2.24) is 5.01 Å². The van der Waals surface area contributed by atoms with Gasteiger partial charge in [-0.15, -0.1) is 0 Å². The highest BCUT2D eigenvalue weighted by atomic mass is 15.5. The number of nitriles is 1. The molecule has 1 fully saturated rings. The van der Waals surface area contributed by atoms with Crippen molar-refractivity contribution < 1.29 is 0 Å². The highest BCUT2D eigenvalue weighted by Gasteiger charge is 2.11. The molecule has 0 unspecified atom stereocenters. The molecule has 3 nitrogen and oxygen atoms in total. The van der Waals surface area contributed by atoms with Crippen LogP contribution in [0.15, 0.2) is 18.2 Å². The number of hydrogen-bond acceptors (Lipinski definition) is 3. The lowest BCUT2D eigenvalue weighted by molar-refractivity contribution is 0.273. The smallest absolute Gasteiger partial charge is 0.101 e. The maximum atomic E-state index is 9.06. The molecule has 1 aliphatic heterocycles. The third kappa shape index (κ3) is 2.53. The Morgan fingerprint density at radius 1 is 1.25 bits per heavy atom. The van der Waals surface area contributed by atoms with Crippen LogP contribution >= 0.6 is 0 Å². The molecule has 0 spiro atoms. The maximum absolute atomic E-state index is 9.06. The third-order valence-corrected chi connectivity index (χ3v) is 2.93. The second kappa shape index (κ2) is 5.00. The van der Waals surface area contributed by atoms with Crippen molar-refractivity contribution >= 4 is 5.69 Å². The molecule has 0 amide bonds. The monoisotopic (exact) mass is 215 g/mol. The third-order valence-electron chi connectivity index (χ3n) is 2.93. The van der Waals surface area contributed by atoms with E-state index in [2.05, 4.69) is 16.5 Å². The summed E-state index contributed by atoms with van der Waals surface area (Å²) >= 11 is 0. The van der Waals surface area contributed by atoms with Crippen molar-refractivity contribution in [2.75, 3.05) is 18.5 Å². The predicted molar refractivity (Wildman–Crippen MR) is 64.9 cm³/mol. The average Bonchev–Trinajstić information content (AvgIpc) is 2.33. The first kappa shape index (κ1) is 11.0. The van der Waals surface area contributed by atoms with Crippen LogP contribution < -0.4 is 5.43 Å². The number of nitrogens with one attached hydrogen (secondary N) is 1. The fourth-order valence-corrected chi connectivity index (χ4v) is 2.02. The van der Waals surface area contributed by atoms with Gasteiger partial charge in [0.25, 0.3) is 0 Å². The zero-order valence-electron chi connectivity index (χ0n) is 9.66. The Labute approximate surface area is 96.7 Å². The molecular weight excluding hydrogens is 198 g/mol. The van der Waals surface area contributed by atoms with Crippen molar-refractivity contribution in [3.8, 4) is 6.07 Å². The van der Waals surface area contributed by atoms with Gasteiger partial charge in [0.05, 0.1) is 11.3 Å². The van der Waals surface area contributed by atoms with Crippen molar-refractivity contribution in [2.24, 2.45) is 0 Å². The lowest BCUT2D eigenvalue weighted by Gasteiger charge is -2.28. The summed E-state index contributed by atoms with van der Waals surface area (Å²) in [6, 6.07) is 8.18. The number of hydrazine groups is 1. The van der Waals surface area contributed by atoms with Crippen LogP contribution in [0.5, 0.6) is 0 Å². The number of benzene rings is 1. The zero-order chi connectivity index (χ0) is 11.4. The highest BCUT2D eigenvalue weighted by Crippen LogP contribution is 2.18. The summed E-state index contributed by atoms with van der Waals surface area (Å²) in [7, 11) is 0. The second-order valence-electron chi connectivity index (χ2n) is 4.32. The first-order chi connectivity index (χ1) is 7.79. The van der Waals surface area contributed by atoms with Gasteiger partial charge in [0, 0.05) is 13.1 Å². The molecule has 0 aliphatic carbocycles. The minimum atomic E-state index is 0.727. The fourth-order valence-electron chi connectivity index (χ4n) is 2.02. The van der Waals surface area contributed by atoms with Crippen LogP contribution in [-0.4, -0.2) is 18.1 Å².